The van der Waals surface area contributed by atoms with Gasteiger partial charge in [0.2, 0.25) is 0 Å². The van der Waals surface area contributed by atoms with Crippen LogP contribution in [0.4, 0.5) is 0 Å². The number of methoxy groups -OCH3 is 1. The Kier molecular flexibility index (Phi) is 4.87. The van der Waals surface area contributed by atoms with Crippen LogP contribution < -0.4 is 4.74 Å². The molecule has 0 radical (unpaired) electrons. The highest BCUT2D eigenvalue weighted by Crippen LogP contribution is 2.30. The number of hydrogen-bond acceptors (Lipinski definition) is 4. The molecule has 0 N–H and O–H groups in total. The SMILES string of the molecule is COc1cccc(CN2CCOC3(CCCCN(C)C3=O)C2)c1. The molecule has 1 atom stereocenters. The second-order valence-corrected chi connectivity index (χ2v) is 6.59. The fourth-order valence-electron chi connectivity index (χ4n) is 3.62. The molecule has 2 fully saturated rings. The summed E-state index contributed by atoms with van der Waals surface area (Å²) in [4.78, 5) is 16.9. The predicted octanol–water partition coefficient (Wildman–Crippen LogP) is 1.91. The molecule has 1 amide bonds. The third kappa shape index (κ3) is 3.51. The third-order valence-electron chi connectivity index (χ3n) is 4.87. The van der Waals surface area contributed by atoms with Crippen LogP contribution in [-0.4, -0.2) is 61.7 Å². The Balaban J connectivity index is 1.73. The molecule has 0 saturated carbocycles. The zero-order valence-corrected chi connectivity index (χ0v) is 14.1. The van der Waals surface area contributed by atoms with Crippen molar-refractivity contribution in [2.45, 2.75) is 31.4 Å². The maximum absolute atomic E-state index is 12.8. The Hall–Kier alpha value is -1.59. The first kappa shape index (κ1) is 16.3. The van der Waals surface area contributed by atoms with Crippen LogP contribution in [0.3, 0.4) is 0 Å². The lowest BCUT2D eigenvalue weighted by Crippen LogP contribution is -2.59. The average molecular weight is 318 g/mol. The lowest BCUT2D eigenvalue weighted by molar-refractivity contribution is -0.169. The number of benzene rings is 1. The highest BCUT2D eigenvalue weighted by Gasteiger charge is 2.45. The van der Waals surface area contributed by atoms with Gasteiger partial charge in [-0.15, -0.1) is 0 Å². The number of carbonyl (C=O) groups is 1. The van der Waals surface area contributed by atoms with Gasteiger partial charge < -0.3 is 14.4 Å². The van der Waals surface area contributed by atoms with E-state index in [1.54, 1.807) is 7.11 Å². The van der Waals surface area contributed by atoms with Gasteiger partial charge in [-0.1, -0.05) is 12.1 Å². The van der Waals surface area contributed by atoms with E-state index in [0.29, 0.717) is 13.2 Å². The van der Waals surface area contributed by atoms with Crippen molar-refractivity contribution in [3.05, 3.63) is 29.8 Å². The normalized spacial score (nSPS) is 26.3. The van der Waals surface area contributed by atoms with Gasteiger partial charge in [0, 0.05) is 33.2 Å². The number of likely N-dealkylation sites (N-methyl/N-ethyl adjacent to an activating group) is 1. The van der Waals surface area contributed by atoms with Crippen LogP contribution in [0.15, 0.2) is 24.3 Å². The molecule has 2 aliphatic rings. The zero-order valence-electron chi connectivity index (χ0n) is 14.1. The molecule has 3 rings (SSSR count). The Labute approximate surface area is 138 Å². The molecule has 2 aliphatic heterocycles. The van der Waals surface area contributed by atoms with Crippen molar-refractivity contribution < 1.29 is 14.3 Å². The van der Waals surface area contributed by atoms with Crippen molar-refractivity contribution in [1.29, 1.82) is 0 Å². The van der Waals surface area contributed by atoms with E-state index < -0.39 is 5.60 Å². The largest absolute Gasteiger partial charge is 0.497 e. The summed E-state index contributed by atoms with van der Waals surface area (Å²) >= 11 is 0. The van der Waals surface area contributed by atoms with Crippen LogP contribution in [0.25, 0.3) is 0 Å². The minimum absolute atomic E-state index is 0.144. The summed E-state index contributed by atoms with van der Waals surface area (Å²) in [5.74, 6) is 1.01. The molecular formula is C18H26N2O3. The Bertz CT molecular complexity index is 563. The summed E-state index contributed by atoms with van der Waals surface area (Å²) in [6.07, 6.45) is 2.93. The number of morpholine rings is 1. The number of rotatable bonds is 3. The van der Waals surface area contributed by atoms with Crippen molar-refractivity contribution in [2.24, 2.45) is 0 Å². The van der Waals surface area contributed by atoms with Crippen LogP contribution in [0.5, 0.6) is 5.75 Å². The summed E-state index contributed by atoms with van der Waals surface area (Å²) < 4.78 is 11.3. The van der Waals surface area contributed by atoms with Crippen molar-refractivity contribution in [3.63, 3.8) is 0 Å². The lowest BCUT2D eigenvalue weighted by Gasteiger charge is -2.42. The molecule has 1 aromatic carbocycles. The smallest absolute Gasteiger partial charge is 0.255 e. The van der Waals surface area contributed by atoms with Gasteiger partial charge >= 0.3 is 0 Å². The lowest BCUT2D eigenvalue weighted by atomic mass is 9.94. The van der Waals surface area contributed by atoms with Crippen molar-refractivity contribution in [3.8, 4) is 5.75 Å². The summed E-state index contributed by atoms with van der Waals surface area (Å²) in [6.45, 7) is 3.80. The molecule has 2 saturated heterocycles. The molecular weight excluding hydrogens is 292 g/mol. The summed E-state index contributed by atoms with van der Waals surface area (Å²) in [6, 6.07) is 8.12. The highest BCUT2D eigenvalue weighted by atomic mass is 16.5. The second kappa shape index (κ2) is 6.89. The van der Waals surface area contributed by atoms with E-state index in [1.807, 2.05) is 24.1 Å². The van der Waals surface area contributed by atoms with E-state index in [4.69, 9.17) is 9.47 Å². The minimum atomic E-state index is -0.650. The molecule has 126 valence electrons. The van der Waals surface area contributed by atoms with Gasteiger partial charge in [-0.3, -0.25) is 9.69 Å². The molecule has 23 heavy (non-hydrogen) atoms. The third-order valence-corrected chi connectivity index (χ3v) is 4.87. The number of hydrogen-bond donors (Lipinski definition) is 0. The van der Waals surface area contributed by atoms with Crippen LogP contribution in [0.2, 0.25) is 0 Å². The van der Waals surface area contributed by atoms with Crippen LogP contribution in [0, 0.1) is 0 Å². The highest BCUT2D eigenvalue weighted by molar-refractivity contribution is 5.85. The first-order chi connectivity index (χ1) is 11.1. The Morgan fingerprint density at radius 3 is 3.00 bits per heavy atom. The first-order valence-electron chi connectivity index (χ1n) is 8.38. The second-order valence-electron chi connectivity index (χ2n) is 6.59. The molecule has 0 bridgehead atoms. The van der Waals surface area contributed by atoms with Crippen molar-refractivity contribution in [1.82, 2.24) is 9.80 Å². The maximum atomic E-state index is 12.8. The van der Waals surface area contributed by atoms with E-state index in [0.717, 1.165) is 44.6 Å². The van der Waals surface area contributed by atoms with E-state index in [2.05, 4.69) is 17.0 Å². The molecule has 2 heterocycles. The predicted molar refractivity (Wildman–Crippen MR) is 88.4 cm³/mol. The molecule has 0 aliphatic carbocycles. The fourth-order valence-corrected chi connectivity index (χ4v) is 3.62. The van der Waals surface area contributed by atoms with Gasteiger partial charge in [-0.2, -0.15) is 0 Å². The van der Waals surface area contributed by atoms with Crippen LogP contribution in [-0.2, 0) is 16.1 Å². The van der Waals surface area contributed by atoms with Gasteiger partial charge in [0.25, 0.3) is 5.91 Å². The van der Waals surface area contributed by atoms with E-state index >= 15 is 0 Å². The zero-order chi connectivity index (χ0) is 16.3. The van der Waals surface area contributed by atoms with Crippen LogP contribution in [0.1, 0.15) is 24.8 Å². The van der Waals surface area contributed by atoms with Gasteiger partial charge in [0.15, 0.2) is 5.60 Å². The summed E-state index contributed by atoms with van der Waals surface area (Å²) in [5.41, 5.74) is 0.554. The topological polar surface area (TPSA) is 42.0 Å². The minimum Gasteiger partial charge on any atom is -0.497 e. The maximum Gasteiger partial charge on any atom is 0.255 e. The number of likely N-dealkylation sites (tertiary alicyclic amines) is 1. The van der Waals surface area contributed by atoms with Gasteiger partial charge in [0.05, 0.1) is 13.7 Å². The van der Waals surface area contributed by atoms with Crippen molar-refractivity contribution >= 4 is 5.91 Å². The van der Waals surface area contributed by atoms with E-state index in [9.17, 15) is 4.79 Å². The molecule has 5 heteroatoms. The average Bonchev–Trinajstić information content (AvgIpc) is 2.70. The van der Waals surface area contributed by atoms with Gasteiger partial charge in [-0.25, -0.2) is 0 Å². The van der Waals surface area contributed by atoms with Gasteiger partial charge in [0.1, 0.15) is 5.75 Å². The molecule has 0 aromatic heterocycles. The first-order valence-corrected chi connectivity index (χ1v) is 8.38. The molecule has 1 aromatic rings. The van der Waals surface area contributed by atoms with E-state index in [-0.39, 0.29) is 5.91 Å². The molecule has 5 nitrogen and oxygen atoms in total. The Morgan fingerprint density at radius 2 is 2.17 bits per heavy atom. The summed E-state index contributed by atoms with van der Waals surface area (Å²) in [7, 11) is 3.57. The molecule has 1 unspecified atom stereocenters. The number of carbonyl (C=O) groups excluding carboxylic acids is 1. The Morgan fingerprint density at radius 1 is 1.30 bits per heavy atom. The standard InChI is InChI=1S/C18H26N2O3/c1-19-9-4-3-8-18(17(19)21)14-20(10-11-23-18)13-15-6-5-7-16(12-15)22-2/h5-7,12H,3-4,8-11,13-14H2,1-2H3. The monoisotopic (exact) mass is 318 g/mol. The van der Waals surface area contributed by atoms with Crippen molar-refractivity contribution in [2.75, 3.05) is 40.4 Å². The number of amides is 1. The number of nitrogens with zero attached hydrogens (tertiary/aromatic N) is 2. The number of ether oxygens (including phenoxy) is 2. The molecule has 1 spiro atoms. The quantitative estimate of drug-likeness (QED) is 0.854. The van der Waals surface area contributed by atoms with E-state index in [1.165, 1.54) is 5.56 Å². The summed E-state index contributed by atoms with van der Waals surface area (Å²) in [5, 5.41) is 0. The van der Waals surface area contributed by atoms with Crippen LogP contribution >= 0.6 is 0 Å². The van der Waals surface area contributed by atoms with Gasteiger partial charge in [-0.05, 0) is 37.0 Å². The fraction of sp³-hybridized carbons (Fsp3) is 0.611.